The van der Waals surface area contributed by atoms with Crippen LogP contribution in [0.15, 0.2) is 72.1 Å². The fraction of sp³-hybridized carbons (Fsp3) is 0.250. The molecule has 0 aliphatic heterocycles. The van der Waals surface area contributed by atoms with Crippen LogP contribution in [-0.4, -0.2) is 52.0 Å². The Hall–Kier alpha value is -3.56. The minimum Gasteiger partial charge on any atom is -0.383 e. The number of carbonyl (C=O) groups excluding carboxylic acids is 2. The number of carbonyl (C=O) groups is 2. The van der Waals surface area contributed by atoms with Crippen LogP contribution in [0.25, 0.3) is 11.0 Å². The number of rotatable bonds is 10. The highest BCUT2D eigenvalue weighted by Gasteiger charge is 2.32. The predicted octanol–water partition coefficient (Wildman–Crippen LogP) is 3.03. The van der Waals surface area contributed by atoms with Crippen molar-refractivity contribution in [2.24, 2.45) is 0 Å². The Labute approximate surface area is 195 Å². The van der Waals surface area contributed by atoms with Gasteiger partial charge in [0.25, 0.3) is 0 Å². The molecule has 1 atom stereocenters. The maximum absolute atomic E-state index is 13.7. The van der Waals surface area contributed by atoms with Crippen LogP contribution in [0.3, 0.4) is 0 Å². The van der Waals surface area contributed by atoms with Crippen molar-refractivity contribution in [2.75, 3.05) is 20.3 Å². The summed E-state index contributed by atoms with van der Waals surface area (Å²) in [5.74, 6) is -0.485. The fourth-order valence-electron chi connectivity index (χ4n) is 3.63. The molecule has 170 valence electrons. The van der Waals surface area contributed by atoms with Gasteiger partial charge in [-0.3, -0.25) is 9.59 Å². The molecule has 0 unspecified atom stereocenters. The predicted molar refractivity (Wildman–Crippen MR) is 126 cm³/mol. The van der Waals surface area contributed by atoms with Gasteiger partial charge in [-0.15, -0.1) is 16.4 Å². The Balaban J connectivity index is 1.68. The van der Waals surface area contributed by atoms with Crippen LogP contribution in [-0.2, 0) is 27.4 Å². The Morgan fingerprint density at radius 3 is 2.64 bits per heavy atom. The van der Waals surface area contributed by atoms with Gasteiger partial charge in [-0.05, 0) is 29.1 Å². The Morgan fingerprint density at radius 1 is 1.09 bits per heavy atom. The van der Waals surface area contributed by atoms with Crippen LogP contribution in [0.4, 0.5) is 0 Å². The SMILES string of the molecule is COCCNC(=O)[C@@H](c1ccccc1)N(Cc1cccs1)C(=O)Cn1nnc2ccccc21. The standard InChI is InChI=1S/C24H25N5O3S/c1-32-14-13-25-24(31)23(18-8-3-2-4-9-18)28(16-19-10-7-15-33-19)22(30)17-29-21-12-6-5-11-20(21)26-27-29/h2-12,15,23H,13-14,16-17H2,1H3,(H,25,31)/t23-/m1/s1. The highest BCUT2D eigenvalue weighted by molar-refractivity contribution is 7.09. The summed E-state index contributed by atoms with van der Waals surface area (Å²) in [5, 5.41) is 13.2. The van der Waals surface area contributed by atoms with E-state index in [1.54, 1.807) is 28.0 Å². The summed E-state index contributed by atoms with van der Waals surface area (Å²) in [5.41, 5.74) is 2.22. The van der Waals surface area contributed by atoms with Gasteiger partial charge in [0.1, 0.15) is 18.1 Å². The number of fused-ring (bicyclic) bond motifs is 1. The summed E-state index contributed by atoms with van der Waals surface area (Å²) in [7, 11) is 1.58. The monoisotopic (exact) mass is 463 g/mol. The van der Waals surface area contributed by atoms with Crippen LogP contribution >= 0.6 is 11.3 Å². The summed E-state index contributed by atoms with van der Waals surface area (Å²) >= 11 is 1.54. The zero-order valence-electron chi connectivity index (χ0n) is 18.3. The molecule has 8 nitrogen and oxygen atoms in total. The van der Waals surface area contributed by atoms with E-state index in [1.807, 2.05) is 72.1 Å². The molecule has 0 radical (unpaired) electrons. The number of hydrogen-bond donors (Lipinski definition) is 1. The molecular weight excluding hydrogens is 438 g/mol. The Bertz CT molecular complexity index is 1190. The van der Waals surface area contributed by atoms with Gasteiger partial charge in [0.2, 0.25) is 11.8 Å². The van der Waals surface area contributed by atoms with Gasteiger partial charge in [-0.2, -0.15) is 0 Å². The van der Waals surface area contributed by atoms with Crippen LogP contribution in [0.5, 0.6) is 0 Å². The van der Waals surface area contributed by atoms with E-state index in [0.717, 1.165) is 16.0 Å². The Morgan fingerprint density at radius 2 is 1.88 bits per heavy atom. The van der Waals surface area contributed by atoms with Gasteiger partial charge >= 0.3 is 0 Å². The van der Waals surface area contributed by atoms with Gasteiger partial charge in [-0.1, -0.05) is 53.7 Å². The normalized spacial score (nSPS) is 11.9. The first kappa shape index (κ1) is 22.6. The van der Waals surface area contributed by atoms with Crippen LogP contribution in [0.1, 0.15) is 16.5 Å². The largest absolute Gasteiger partial charge is 0.383 e. The van der Waals surface area contributed by atoms with E-state index in [1.165, 1.54) is 0 Å². The second-order valence-electron chi connectivity index (χ2n) is 7.43. The molecule has 4 aromatic rings. The van der Waals surface area contributed by atoms with Crippen molar-refractivity contribution in [1.82, 2.24) is 25.2 Å². The smallest absolute Gasteiger partial charge is 0.247 e. The third kappa shape index (κ3) is 5.44. The van der Waals surface area contributed by atoms with Crippen molar-refractivity contribution in [1.29, 1.82) is 0 Å². The third-order valence-corrected chi connectivity index (χ3v) is 6.07. The lowest BCUT2D eigenvalue weighted by atomic mass is 10.0. The summed E-state index contributed by atoms with van der Waals surface area (Å²) in [4.78, 5) is 29.6. The van der Waals surface area contributed by atoms with E-state index in [2.05, 4.69) is 15.6 Å². The van der Waals surface area contributed by atoms with Crippen LogP contribution in [0.2, 0.25) is 0 Å². The maximum atomic E-state index is 13.7. The van der Waals surface area contributed by atoms with E-state index in [4.69, 9.17) is 4.74 Å². The van der Waals surface area contributed by atoms with Crippen molar-refractivity contribution in [3.05, 3.63) is 82.6 Å². The lowest BCUT2D eigenvalue weighted by molar-refractivity contribution is -0.142. The fourth-order valence-corrected chi connectivity index (χ4v) is 4.33. The number of nitrogens with one attached hydrogen (secondary N) is 1. The molecule has 0 saturated heterocycles. The van der Waals surface area contributed by atoms with Crippen LogP contribution < -0.4 is 5.32 Å². The lowest BCUT2D eigenvalue weighted by Gasteiger charge is -2.31. The van der Waals surface area contributed by atoms with Gasteiger partial charge in [0.15, 0.2) is 0 Å². The molecule has 0 saturated carbocycles. The zero-order chi connectivity index (χ0) is 23.0. The number of aromatic nitrogens is 3. The lowest BCUT2D eigenvalue weighted by Crippen LogP contribution is -2.45. The molecular formula is C24H25N5O3S. The highest BCUT2D eigenvalue weighted by atomic mass is 32.1. The number of benzene rings is 2. The quantitative estimate of drug-likeness (QED) is 0.365. The van der Waals surface area contributed by atoms with Crippen molar-refractivity contribution in [2.45, 2.75) is 19.1 Å². The van der Waals surface area contributed by atoms with Gasteiger partial charge in [0.05, 0.1) is 18.7 Å². The van der Waals surface area contributed by atoms with Gasteiger partial charge in [-0.25, -0.2) is 4.68 Å². The molecule has 0 aliphatic rings. The topological polar surface area (TPSA) is 89.4 Å². The number of thiophene rings is 1. The van der Waals surface area contributed by atoms with E-state index in [9.17, 15) is 9.59 Å². The van der Waals surface area contributed by atoms with Gasteiger partial charge < -0.3 is 15.0 Å². The molecule has 2 aromatic carbocycles. The van der Waals surface area contributed by atoms with E-state index in [-0.39, 0.29) is 18.4 Å². The van der Waals surface area contributed by atoms with E-state index < -0.39 is 6.04 Å². The molecule has 0 fully saturated rings. The summed E-state index contributed by atoms with van der Waals surface area (Å²) < 4.78 is 6.64. The molecule has 33 heavy (non-hydrogen) atoms. The first-order chi connectivity index (χ1) is 16.2. The van der Waals surface area contributed by atoms with Crippen molar-refractivity contribution < 1.29 is 14.3 Å². The number of amides is 2. The second-order valence-corrected chi connectivity index (χ2v) is 8.47. The van der Waals surface area contributed by atoms with Gasteiger partial charge in [0, 0.05) is 18.5 Å². The third-order valence-electron chi connectivity index (χ3n) is 5.21. The number of methoxy groups -OCH3 is 1. The van der Waals surface area contributed by atoms with Crippen molar-refractivity contribution in [3.8, 4) is 0 Å². The number of nitrogens with zero attached hydrogens (tertiary/aromatic N) is 4. The maximum Gasteiger partial charge on any atom is 0.247 e. The Kier molecular flexibility index (Phi) is 7.43. The summed E-state index contributed by atoms with van der Waals surface area (Å²) in [6.07, 6.45) is 0. The molecule has 0 bridgehead atoms. The van der Waals surface area contributed by atoms with E-state index in [0.29, 0.717) is 25.2 Å². The first-order valence-corrected chi connectivity index (χ1v) is 11.5. The summed E-state index contributed by atoms with van der Waals surface area (Å²) in [6, 6.07) is 19.9. The van der Waals surface area contributed by atoms with E-state index >= 15 is 0 Å². The highest BCUT2D eigenvalue weighted by Crippen LogP contribution is 2.26. The minimum absolute atomic E-state index is 0.0272. The minimum atomic E-state index is -0.799. The zero-order valence-corrected chi connectivity index (χ0v) is 19.1. The molecule has 2 heterocycles. The molecule has 1 N–H and O–H groups in total. The van der Waals surface area contributed by atoms with Crippen LogP contribution in [0, 0.1) is 0 Å². The average molecular weight is 464 g/mol. The first-order valence-electron chi connectivity index (χ1n) is 10.6. The van der Waals surface area contributed by atoms with Crippen molar-refractivity contribution in [3.63, 3.8) is 0 Å². The number of hydrogen-bond acceptors (Lipinski definition) is 6. The molecule has 4 rings (SSSR count). The molecule has 9 heteroatoms. The number of ether oxygens (including phenoxy) is 1. The molecule has 2 amide bonds. The van der Waals surface area contributed by atoms with Crippen molar-refractivity contribution >= 4 is 34.2 Å². The average Bonchev–Trinajstić information content (AvgIpc) is 3.50. The number of para-hydroxylation sites is 1. The second kappa shape index (κ2) is 10.8. The summed E-state index contributed by atoms with van der Waals surface area (Å²) in [6.45, 7) is 1.02. The molecule has 2 aromatic heterocycles. The molecule has 0 spiro atoms. The molecule has 0 aliphatic carbocycles.